The third-order valence-electron chi connectivity index (χ3n) is 3.66. The molecule has 3 rings (SSSR count). The van der Waals surface area contributed by atoms with Gasteiger partial charge in [0.1, 0.15) is 0 Å². The van der Waals surface area contributed by atoms with Crippen LogP contribution in [-0.2, 0) is 7.05 Å². The number of carbonyl (C=O) groups is 1. The summed E-state index contributed by atoms with van der Waals surface area (Å²) in [5.74, 6) is -0.505. The van der Waals surface area contributed by atoms with Gasteiger partial charge in [-0.15, -0.1) is 10.2 Å². The van der Waals surface area contributed by atoms with Crippen molar-refractivity contribution >= 4 is 54.4 Å². The molecule has 0 saturated heterocycles. The standard InChI is InChI=1S/C17H13Br2N3O2/c1-9-7-12-14(17(24)22(2)15(12)13(19)8-9)20-21-16(23)10-3-5-11(18)6-4-10/h3-8,24H,1-2H3. The van der Waals surface area contributed by atoms with Crippen LogP contribution in [0.3, 0.4) is 0 Å². The molecular weight excluding hydrogens is 438 g/mol. The van der Waals surface area contributed by atoms with Crippen LogP contribution in [0, 0.1) is 6.92 Å². The molecule has 1 N–H and O–H groups in total. The zero-order chi connectivity index (χ0) is 17.4. The fourth-order valence-electron chi connectivity index (χ4n) is 2.49. The van der Waals surface area contributed by atoms with Crippen molar-refractivity contribution in [3.05, 3.63) is 56.5 Å². The number of aryl methyl sites for hydroxylation is 2. The first kappa shape index (κ1) is 16.9. The van der Waals surface area contributed by atoms with Gasteiger partial charge < -0.3 is 9.67 Å². The molecule has 1 aromatic heterocycles. The van der Waals surface area contributed by atoms with Crippen LogP contribution < -0.4 is 0 Å². The maximum atomic E-state index is 12.1. The largest absolute Gasteiger partial charge is 0.493 e. The number of rotatable bonds is 2. The van der Waals surface area contributed by atoms with Gasteiger partial charge in [-0.2, -0.15) is 0 Å². The monoisotopic (exact) mass is 449 g/mol. The normalized spacial score (nSPS) is 11.5. The van der Waals surface area contributed by atoms with Gasteiger partial charge in [-0.3, -0.25) is 4.79 Å². The maximum Gasteiger partial charge on any atom is 0.295 e. The highest BCUT2D eigenvalue weighted by Gasteiger charge is 2.17. The van der Waals surface area contributed by atoms with Crippen LogP contribution in [0.1, 0.15) is 15.9 Å². The van der Waals surface area contributed by atoms with Crippen LogP contribution in [0.4, 0.5) is 5.69 Å². The Hall–Kier alpha value is -1.99. The van der Waals surface area contributed by atoms with Crippen molar-refractivity contribution < 1.29 is 9.90 Å². The first-order valence-electron chi connectivity index (χ1n) is 7.07. The maximum absolute atomic E-state index is 12.1. The Labute approximate surface area is 155 Å². The molecule has 0 unspecified atom stereocenters. The molecule has 24 heavy (non-hydrogen) atoms. The Morgan fingerprint density at radius 3 is 2.50 bits per heavy atom. The lowest BCUT2D eigenvalue weighted by atomic mass is 10.1. The van der Waals surface area contributed by atoms with Crippen molar-refractivity contribution in [2.45, 2.75) is 6.92 Å². The highest BCUT2D eigenvalue weighted by Crippen LogP contribution is 2.41. The van der Waals surface area contributed by atoms with Crippen LogP contribution in [0.5, 0.6) is 5.88 Å². The summed E-state index contributed by atoms with van der Waals surface area (Å²) in [6.07, 6.45) is 0. The number of aromatic nitrogens is 1. The van der Waals surface area contributed by atoms with E-state index in [4.69, 9.17) is 0 Å². The van der Waals surface area contributed by atoms with E-state index < -0.39 is 5.91 Å². The van der Waals surface area contributed by atoms with Crippen molar-refractivity contribution in [2.75, 3.05) is 0 Å². The van der Waals surface area contributed by atoms with E-state index in [1.807, 2.05) is 19.1 Å². The zero-order valence-corrected chi connectivity index (χ0v) is 16.1. The number of fused-ring (bicyclic) bond motifs is 1. The summed E-state index contributed by atoms with van der Waals surface area (Å²) in [7, 11) is 1.73. The highest BCUT2D eigenvalue weighted by molar-refractivity contribution is 9.11. The molecule has 0 radical (unpaired) electrons. The molecule has 0 spiro atoms. The van der Waals surface area contributed by atoms with E-state index >= 15 is 0 Å². The van der Waals surface area contributed by atoms with E-state index in [2.05, 4.69) is 42.1 Å². The minimum Gasteiger partial charge on any atom is -0.493 e. The first-order valence-corrected chi connectivity index (χ1v) is 8.66. The summed E-state index contributed by atoms with van der Waals surface area (Å²) in [5.41, 5.74) is 2.51. The number of nitrogens with zero attached hydrogens (tertiary/aromatic N) is 3. The first-order chi connectivity index (χ1) is 11.4. The molecule has 1 heterocycles. The fourth-order valence-corrected chi connectivity index (χ4v) is 3.59. The Morgan fingerprint density at radius 1 is 1.17 bits per heavy atom. The SMILES string of the molecule is Cc1cc(Br)c2c(c1)c(N=NC(=O)c1ccc(Br)cc1)c(O)n2C. The summed E-state index contributed by atoms with van der Waals surface area (Å²) in [6.45, 7) is 1.95. The molecule has 3 aromatic rings. The average Bonchev–Trinajstić information content (AvgIpc) is 2.77. The van der Waals surface area contributed by atoms with E-state index in [1.165, 1.54) is 0 Å². The topological polar surface area (TPSA) is 66.9 Å². The lowest BCUT2D eigenvalue weighted by molar-refractivity contribution is 0.0995. The predicted octanol–water partition coefficient (Wildman–Crippen LogP) is 5.64. The molecule has 122 valence electrons. The Balaban J connectivity index is 2.05. The van der Waals surface area contributed by atoms with Gasteiger partial charge in [-0.05, 0) is 64.8 Å². The van der Waals surface area contributed by atoms with Crippen molar-refractivity contribution in [1.82, 2.24) is 4.57 Å². The number of amides is 1. The molecule has 0 saturated carbocycles. The summed E-state index contributed by atoms with van der Waals surface area (Å²) in [5, 5.41) is 18.8. The second kappa shape index (κ2) is 6.49. The second-order valence-electron chi connectivity index (χ2n) is 5.39. The van der Waals surface area contributed by atoms with Crippen molar-refractivity contribution in [1.29, 1.82) is 0 Å². The number of hydrogen-bond acceptors (Lipinski definition) is 3. The predicted molar refractivity (Wildman–Crippen MR) is 100 cm³/mol. The molecular formula is C17H13Br2N3O2. The van der Waals surface area contributed by atoms with Crippen LogP contribution in [0.2, 0.25) is 0 Å². The zero-order valence-electron chi connectivity index (χ0n) is 12.9. The van der Waals surface area contributed by atoms with Gasteiger partial charge in [-0.25, -0.2) is 0 Å². The lowest BCUT2D eigenvalue weighted by Crippen LogP contribution is -1.92. The van der Waals surface area contributed by atoms with Gasteiger partial charge >= 0.3 is 0 Å². The number of benzene rings is 2. The average molecular weight is 451 g/mol. The van der Waals surface area contributed by atoms with Crippen LogP contribution in [-0.4, -0.2) is 15.6 Å². The van der Waals surface area contributed by atoms with E-state index in [1.54, 1.807) is 35.9 Å². The summed E-state index contributed by atoms with van der Waals surface area (Å²) < 4.78 is 3.33. The molecule has 5 nitrogen and oxygen atoms in total. The molecule has 0 atom stereocenters. The van der Waals surface area contributed by atoms with Gasteiger partial charge in [0, 0.05) is 26.9 Å². The molecule has 0 aliphatic heterocycles. The third-order valence-corrected chi connectivity index (χ3v) is 4.79. The molecule has 2 aromatic carbocycles. The molecule has 0 fully saturated rings. The number of halogens is 2. The minimum atomic E-state index is -0.467. The van der Waals surface area contributed by atoms with E-state index in [0.29, 0.717) is 5.56 Å². The Bertz CT molecular complexity index is 976. The van der Waals surface area contributed by atoms with E-state index in [0.717, 1.165) is 25.4 Å². The summed E-state index contributed by atoms with van der Waals surface area (Å²) in [6, 6.07) is 10.7. The van der Waals surface area contributed by atoms with Gasteiger partial charge in [0.25, 0.3) is 5.91 Å². The van der Waals surface area contributed by atoms with E-state index in [-0.39, 0.29) is 11.6 Å². The number of azo groups is 1. The van der Waals surface area contributed by atoms with Crippen molar-refractivity contribution in [3.63, 3.8) is 0 Å². The van der Waals surface area contributed by atoms with Crippen LogP contribution in [0.25, 0.3) is 10.9 Å². The molecule has 0 aliphatic carbocycles. The minimum absolute atomic E-state index is 0.0383. The molecule has 0 aliphatic rings. The molecule has 7 heteroatoms. The third kappa shape index (κ3) is 3.01. The number of aromatic hydroxyl groups is 1. The highest BCUT2D eigenvalue weighted by atomic mass is 79.9. The number of carbonyl (C=O) groups excluding carboxylic acids is 1. The Kier molecular flexibility index (Phi) is 4.56. The summed E-state index contributed by atoms with van der Waals surface area (Å²) >= 11 is 6.81. The van der Waals surface area contributed by atoms with Crippen LogP contribution >= 0.6 is 31.9 Å². The van der Waals surface area contributed by atoms with Crippen LogP contribution in [0.15, 0.2) is 55.6 Å². The fraction of sp³-hybridized carbons (Fsp3) is 0.118. The van der Waals surface area contributed by atoms with Crippen molar-refractivity contribution in [3.8, 4) is 5.88 Å². The van der Waals surface area contributed by atoms with Gasteiger partial charge in [-0.1, -0.05) is 15.9 Å². The second-order valence-corrected chi connectivity index (χ2v) is 7.16. The van der Waals surface area contributed by atoms with Gasteiger partial charge in [0.15, 0.2) is 5.69 Å². The Morgan fingerprint density at radius 2 is 1.83 bits per heavy atom. The number of hydrogen-bond donors (Lipinski definition) is 1. The van der Waals surface area contributed by atoms with Gasteiger partial charge in [0.05, 0.1) is 5.52 Å². The molecule has 0 bridgehead atoms. The van der Waals surface area contributed by atoms with Gasteiger partial charge in [0.2, 0.25) is 5.88 Å². The van der Waals surface area contributed by atoms with Crippen molar-refractivity contribution in [2.24, 2.45) is 17.3 Å². The molecule has 1 amide bonds. The van der Waals surface area contributed by atoms with E-state index in [9.17, 15) is 9.90 Å². The lowest BCUT2D eigenvalue weighted by Gasteiger charge is -2.01. The smallest absolute Gasteiger partial charge is 0.295 e. The summed E-state index contributed by atoms with van der Waals surface area (Å²) in [4.78, 5) is 12.1. The quantitative estimate of drug-likeness (QED) is 0.513.